The summed E-state index contributed by atoms with van der Waals surface area (Å²) >= 11 is 1.46. The van der Waals surface area contributed by atoms with Gasteiger partial charge in [0.15, 0.2) is 0 Å². The predicted molar refractivity (Wildman–Crippen MR) is 156 cm³/mol. The number of piperidine rings is 1. The van der Waals surface area contributed by atoms with Crippen molar-refractivity contribution in [2.24, 2.45) is 5.92 Å². The average molecular weight is 576 g/mol. The number of rotatable bonds is 7. The molecule has 41 heavy (non-hydrogen) atoms. The highest BCUT2D eigenvalue weighted by Gasteiger charge is 2.52. The fraction of sp³-hybridized carbons (Fsp3) is 0.367. The van der Waals surface area contributed by atoms with Crippen LogP contribution >= 0.6 is 11.8 Å². The van der Waals surface area contributed by atoms with Crippen molar-refractivity contribution in [3.8, 4) is 11.5 Å². The van der Waals surface area contributed by atoms with Crippen molar-refractivity contribution in [2.45, 2.75) is 37.2 Å². The second-order valence-corrected chi connectivity index (χ2v) is 11.8. The molecule has 214 valence electrons. The molecule has 4 aliphatic rings. The number of hydrogen-bond acceptors (Lipinski definition) is 7. The molecule has 0 bridgehead atoms. The van der Waals surface area contributed by atoms with Crippen LogP contribution in [0.4, 0.5) is 10.5 Å². The molecule has 3 unspecified atom stereocenters. The van der Waals surface area contributed by atoms with Crippen LogP contribution in [0.2, 0.25) is 0 Å². The largest absolute Gasteiger partial charge is 0.457 e. The summed E-state index contributed by atoms with van der Waals surface area (Å²) in [5, 5.41) is 18.6. The molecule has 0 saturated carbocycles. The molecule has 0 aliphatic carbocycles. The second kappa shape index (κ2) is 11.6. The first-order valence-corrected chi connectivity index (χ1v) is 14.8. The summed E-state index contributed by atoms with van der Waals surface area (Å²) in [4.78, 5) is 43.3. The third-order valence-corrected chi connectivity index (χ3v) is 9.31. The Morgan fingerprint density at radius 2 is 2.00 bits per heavy atom. The molecule has 2 aromatic rings. The Balaban J connectivity index is 1.19. The second-order valence-electron chi connectivity index (χ2n) is 10.6. The van der Waals surface area contributed by atoms with Gasteiger partial charge in [-0.05, 0) is 62.2 Å². The minimum absolute atomic E-state index is 0.0288. The van der Waals surface area contributed by atoms with Crippen LogP contribution < -0.4 is 25.6 Å². The number of hydrogen-bond donors (Lipinski definition) is 4. The standard InChI is InChI=1S/C30H33N5O5S/c1-18-16-21(40-20-6-3-2-4-7-20)9-10-22(18)35-23-11-13-31-29-25(23)26(33-30(35)39)27(41-29)28(38)32-19-12-14-34(17-19)24(37)8-5-15-36/h2-10,16,19,23,25,29,31,36H,11-15,17H2,1H3,(H,32,38)(H,33,39)/b8-5+/t19-,23?,25?,29?/m1/s1. The Morgan fingerprint density at radius 1 is 1.17 bits per heavy atom. The number of aliphatic hydroxyl groups excluding tert-OH is 1. The van der Waals surface area contributed by atoms with E-state index in [1.165, 1.54) is 23.9 Å². The molecule has 4 amide bonds. The van der Waals surface area contributed by atoms with Crippen LogP contribution in [-0.4, -0.2) is 71.6 Å². The van der Waals surface area contributed by atoms with Gasteiger partial charge in [-0.2, -0.15) is 0 Å². The maximum absolute atomic E-state index is 13.6. The number of para-hydroxylation sites is 1. The summed E-state index contributed by atoms with van der Waals surface area (Å²) in [7, 11) is 0. The summed E-state index contributed by atoms with van der Waals surface area (Å²) in [5.74, 6) is 0.983. The Bertz CT molecular complexity index is 1410. The van der Waals surface area contributed by atoms with Crippen LogP contribution in [0.3, 0.4) is 0 Å². The van der Waals surface area contributed by atoms with Gasteiger partial charge in [0.25, 0.3) is 5.91 Å². The van der Waals surface area contributed by atoms with Gasteiger partial charge >= 0.3 is 6.03 Å². The summed E-state index contributed by atoms with van der Waals surface area (Å²) in [6.07, 6.45) is 4.17. The van der Waals surface area contributed by atoms with Crippen LogP contribution in [-0.2, 0) is 9.59 Å². The fourth-order valence-corrected chi connectivity index (χ4v) is 7.48. The maximum atomic E-state index is 13.6. The van der Waals surface area contributed by atoms with E-state index in [2.05, 4.69) is 16.0 Å². The lowest BCUT2D eigenvalue weighted by molar-refractivity contribution is -0.125. The van der Waals surface area contributed by atoms with E-state index in [0.29, 0.717) is 35.9 Å². The van der Waals surface area contributed by atoms with Crippen LogP contribution in [0.25, 0.3) is 0 Å². The molecule has 4 aliphatic heterocycles. The van der Waals surface area contributed by atoms with Crippen molar-refractivity contribution >= 4 is 35.3 Å². The quantitative estimate of drug-likeness (QED) is 0.375. The first-order chi connectivity index (χ1) is 19.9. The van der Waals surface area contributed by atoms with Gasteiger partial charge in [0.2, 0.25) is 5.91 Å². The van der Waals surface area contributed by atoms with Gasteiger partial charge in [-0.15, -0.1) is 0 Å². The number of nitrogens with zero attached hydrogens (tertiary/aromatic N) is 2. The number of aryl methyl sites for hydroxylation is 1. The lowest BCUT2D eigenvalue weighted by Gasteiger charge is -2.46. The number of carbonyl (C=O) groups is 3. The Labute approximate surface area is 242 Å². The Hall–Kier alpha value is -3.80. The van der Waals surface area contributed by atoms with E-state index >= 15 is 0 Å². The van der Waals surface area contributed by atoms with Gasteiger partial charge in [-0.25, -0.2) is 4.79 Å². The van der Waals surface area contributed by atoms with E-state index in [9.17, 15) is 14.4 Å². The maximum Gasteiger partial charge on any atom is 0.326 e. The zero-order valence-electron chi connectivity index (χ0n) is 22.7. The van der Waals surface area contributed by atoms with Crippen molar-refractivity contribution in [3.05, 3.63) is 76.8 Å². The van der Waals surface area contributed by atoms with Crippen LogP contribution in [0.5, 0.6) is 11.5 Å². The molecule has 3 saturated heterocycles. The molecule has 4 heterocycles. The van der Waals surface area contributed by atoms with Crippen LogP contribution in [0.1, 0.15) is 18.4 Å². The number of ether oxygens (including phenoxy) is 1. The van der Waals surface area contributed by atoms with Crippen molar-refractivity contribution < 1.29 is 24.2 Å². The number of carbonyl (C=O) groups excluding carboxylic acids is 3. The average Bonchev–Trinajstić information content (AvgIpc) is 3.59. The zero-order chi connectivity index (χ0) is 28.5. The number of nitrogens with one attached hydrogen (secondary N) is 3. The number of likely N-dealkylation sites (tertiary alicyclic amines) is 1. The van der Waals surface area contributed by atoms with E-state index in [1.807, 2.05) is 60.4 Å². The van der Waals surface area contributed by atoms with E-state index in [0.717, 1.165) is 30.0 Å². The number of amides is 4. The smallest absolute Gasteiger partial charge is 0.326 e. The van der Waals surface area contributed by atoms with Crippen LogP contribution in [0, 0.1) is 12.8 Å². The first-order valence-electron chi connectivity index (χ1n) is 13.9. The van der Waals surface area contributed by atoms with Gasteiger partial charge in [-0.3, -0.25) is 14.5 Å². The summed E-state index contributed by atoms with van der Waals surface area (Å²) in [5.41, 5.74) is 2.42. The molecule has 3 fully saturated rings. The molecule has 0 aromatic heterocycles. The lowest BCUT2D eigenvalue weighted by atomic mass is 9.86. The van der Waals surface area contributed by atoms with E-state index < -0.39 is 0 Å². The van der Waals surface area contributed by atoms with Crippen molar-refractivity contribution in [1.82, 2.24) is 20.9 Å². The van der Waals surface area contributed by atoms with Crippen molar-refractivity contribution in [2.75, 3.05) is 31.1 Å². The molecule has 0 radical (unpaired) electrons. The fourth-order valence-electron chi connectivity index (χ4n) is 6.08. The third kappa shape index (κ3) is 5.44. The molecule has 4 atom stereocenters. The number of aliphatic hydroxyl groups is 1. The summed E-state index contributed by atoms with van der Waals surface area (Å²) in [6, 6.07) is 14.8. The molecule has 10 nitrogen and oxygen atoms in total. The Kier molecular flexibility index (Phi) is 7.74. The van der Waals surface area contributed by atoms with Crippen molar-refractivity contribution in [3.63, 3.8) is 0 Å². The van der Waals surface area contributed by atoms with E-state index in [-0.39, 0.29) is 47.8 Å². The molecule has 0 spiro atoms. The normalized spacial score (nSPS) is 25.4. The highest BCUT2D eigenvalue weighted by molar-refractivity contribution is 8.04. The molecule has 2 aromatic carbocycles. The molecule has 6 rings (SSSR count). The van der Waals surface area contributed by atoms with Crippen molar-refractivity contribution in [1.29, 1.82) is 0 Å². The highest BCUT2D eigenvalue weighted by atomic mass is 32.2. The summed E-state index contributed by atoms with van der Waals surface area (Å²) < 4.78 is 5.99. The van der Waals surface area contributed by atoms with Gasteiger partial charge in [0.1, 0.15) is 11.5 Å². The number of urea groups is 1. The third-order valence-electron chi connectivity index (χ3n) is 7.96. The molecular formula is C30H33N5O5S. The zero-order valence-corrected chi connectivity index (χ0v) is 23.5. The van der Waals surface area contributed by atoms with Gasteiger partial charge < -0.3 is 30.7 Å². The van der Waals surface area contributed by atoms with E-state index in [1.54, 1.807) is 4.90 Å². The molecular weight excluding hydrogens is 542 g/mol. The van der Waals surface area contributed by atoms with Crippen LogP contribution in [0.15, 0.2) is 71.3 Å². The number of thioether (sulfide) groups is 1. The predicted octanol–water partition coefficient (Wildman–Crippen LogP) is 2.85. The van der Waals surface area contributed by atoms with Gasteiger partial charge in [-0.1, -0.05) is 36.0 Å². The Morgan fingerprint density at radius 3 is 2.78 bits per heavy atom. The molecule has 11 heteroatoms. The number of anilines is 1. The molecule has 4 N–H and O–H groups in total. The van der Waals surface area contributed by atoms with Gasteiger partial charge in [0, 0.05) is 42.5 Å². The minimum atomic E-state index is -0.247. The highest BCUT2D eigenvalue weighted by Crippen LogP contribution is 2.48. The SMILES string of the molecule is Cc1cc(Oc2ccccc2)ccc1N1C(=O)NC2=C(C(=O)N[C@@H]3CCN(C(=O)/C=C/CO)C3)SC3NCCC1C23. The monoisotopic (exact) mass is 575 g/mol. The summed E-state index contributed by atoms with van der Waals surface area (Å²) in [6.45, 7) is 3.46. The van der Waals surface area contributed by atoms with E-state index in [4.69, 9.17) is 9.84 Å². The first kappa shape index (κ1) is 27.4. The minimum Gasteiger partial charge on any atom is -0.457 e. The van der Waals surface area contributed by atoms with Gasteiger partial charge in [0.05, 0.1) is 22.9 Å². The lowest BCUT2D eigenvalue weighted by Crippen LogP contribution is -2.62. The topological polar surface area (TPSA) is 123 Å². The number of benzene rings is 2.